The van der Waals surface area contributed by atoms with Crippen LogP contribution in [0.1, 0.15) is 28.6 Å². The van der Waals surface area contributed by atoms with Gasteiger partial charge in [-0.25, -0.2) is 9.48 Å². The molecule has 31 heavy (non-hydrogen) atoms. The van der Waals surface area contributed by atoms with E-state index in [2.05, 4.69) is 5.10 Å². The highest BCUT2D eigenvalue weighted by Crippen LogP contribution is 2.39. The largest absolute Gasteiger partial charge is 0.481 e. The second-order valence-corrected chi connectivity index (χ2v) is 6.64. The number of carbonyl (C=O) groups is 1. The number of para-hydroxylation sites is 2. The number of aromatic nitrogens is 2. The molecule has 0 saturated heterocycles. The summed E-state index contributed by atoms with van der Waals surface area (Å²) in [6, 6.07) is 16.6. The molecule has 0 aliphatic heterocycles. The van der Waals surface area contributed by atoms with Crippen LogP contribution in [0.25, 0.3) is 5.69 Å². The summed E-state index contributed by atoms with van der Waals surface area (Å²) in [7, 11) is 0. The first kappa shape index (κ1) is 21.9. The number of hydrogen-bond donors (Lipinski definition) is 0. The molecule has 6 nitrogen and oxygen atoms in total. The fraction of sp³-hybridized carbons (Fsp3) is 0.227. The highest BCUT2D eigenvalue weighted by atomic mass is 19.4. The van der Waals surface area contributed by atoms with E-state index in [1.807, 2.05) is 6.07 Å². The maximum Gasteiger partial charge on any atom is 0.429 e. The van der Waals surface area contributed by atoms with Crippen molar-refractivity contribution in [2.45, 2.75) is 26.1 Å². The Hall–Kier alpha value is -3.80. The van der Waals surface area contributed by atoms with E-state index in [0.29, 0.717) is 5.69 Å². The first-order valence-electron chi connectivity index (χ1n) is 9.22. The predicted octanol–water partition coefficient (Wildman–Crippen LogP) is 4.59. The van der Waals surface area contributed by atoms with Gasteiger partial charge in [-0.15, -0.1) is 0 Å². The topological polar surface area (TPSA) is 77.1 Å². The zero-order valence-corrected chi connectivity index (χ0v) is 16.7. The lowest BCUT2D eigenvalue weighted by atomic mass is 10.1. The van der Waals surface area contributed by atoms with Gasteiger partial charge in [0.2, 0.25) is 6.10 Å². The normalized spacial score (nSPS) is 12.1. The molecule has 0 spiro atoms. The van der Waals surface area contributed by atoms with Crippen LogP contribution in [0, 0.1) is 25.2 Å². The fourth-order valence-corrected chi connectivity index (χ4v) is 3.13. The van der Waals surface area contributed by atoms with E-state index in [-0.39, 0.29) is 28.3 Å². The molecule has 1 aromatic heterocycles. The van der Waals surface area contributed by atoms with Crippen molar-refractivity contribution in [2.75, 3.05) is 6.61 Å². The van der Waals surface area contributed by atoms with Crippen LogP contribution < -0.4 is 4.74 Å². The highest BCUT2D eigenvalue weighted by molar-refractivity contribution is 5.71. The number of ether oxygens (including phenoxy) is 2. The number of alkyl halides is 3. The van der Waals surface area contributed by atoms with E-state index in [1.54, 1.807) is 42.5 Å². The number of benzene rings is 2. The molecule has 0 fully saturated rings. The average Bonchev–Trinajstić information content (AvgIpc) is 3.04. The van der Waals surface area contributed by atoms with Gasteiger partial charge in [0.05, 0.1) is 16.9 Å². The number of esters is 1. The predicted molar refractivity (Wildman–Crippen MR) is 105 cm³/mol. The molecule has 9 heteroatoms. The summed E-state index contributed by atoms with van der Waals surface area (Å²) in [5.74, 6) is -1.14. The van der Waals surface area contributed by atoms with E-state index >= 15 is 0 Å². The lowest BCUT2D eigenvalue weighted by molar-refractivity contribution is -0.225. The lowest BCUT2D eigenvalue weighted by Gasteiger charge is -2.21. The third-order valence-corrected chi connectivity index (χ3v) is 4.51. The zero-order valence-electron chi connectivity index (χ0n) is 16.7. The van der Waals surface area contributed by atoms with Crippen molar-refractivity contribution in [3.63, 3.8) is 0 Å². The van der Waals surface area contributed by atoms with E-state index in [1.165, 1.54) is 30.7 Å². The number of nitrogens with zero attached hydrogens (tertiary/aromatic N) is 3. The molecule has 1 heterocycles. The van der Waals surface area contributed by atoms with Crippen molar-refractivity contribution >= 4 is 5.97 Å². The van der Waals surface area contributed by atoms with Crippen LogP contribution in [0.15, 0.2) is 54.6 Å². The Morgan fingerprint density at radius 2 is 1.77 bits per heavy atom. The van der Waals surface area contributed by atoms with Crippen molar-refractivity contribution in [2.24, 2.45) is 0 Å². The van der Waals surface area contributed by atoms with Crippen LogP contribution in [0.5, 0.6) is 5.75 Å². The van der Waals surface area contributed by atoms with Crippen LogP contribution >= 0.6 is 0 Å². The molecule has 0 saturated carbocycles. The van der Waals surface area contributed by atoms with Gasteiger partial charge >= 0.3 is 12.1 Å². The average molecular weight is 429 g/mol. The molecule has 3 aromatic rings. The Balaban J connectivity index is 1.84. The number of carbonyl (C=O) groups excluding carboxylic acids is 1. The maximum atomic E-state index is 13.8. The summed E-state index contributed by atoms with van der Waals surface area (Å²) >= 11 is 0. The van der Waals surface area contributed by atoms with Crippen LogP contribution in [0.3, 0.4) is 0 Å². The Bertz CT molecular complexity index is 1120. The van der Waals surface area contributed by atoms with Gasteiger partial charge in [0, 0.05) is 11.3 Å². The van der Waals surface area contributed by atoms with Gasteiger partial charge in [0.25, 0.3) is 0 Å². The molecule has 0 N–H and O–H groups in total. The monoisotopic (exact) mass is 429 g/mol. The third-order valence-electron chi connectivity index (χ3n) is 4.51. The van der Waals surface area contributed by atoms with Crippen molar-refractivity contribution in [3.05, 3.63) is 77.1 Å². The summed E-state index contributed by atoms with van der Waals surface area (Å²) < 4.78 is 52.8. The standard InChI is InChI=1S/C22H18F3N3O3/c1-14-20(15(2)28(27-14)17-9-4-3-5-10-17)21(22(23,24)25)31-19(29)13-30-18-11-7-6-8-16(18)12-26/h3-11,21H,13H2,1-2H3. The van der Waals surface area contributed by atoms with Crippen molar-refractivity contribution < 1.29 is 27.4 Å². The SMILES string of the molecule is Cc1nn(-c2ccccc2)c(C)c1C(OC(=O)COc1ccccc1C#N)C(F)(F)F. The van der Waals surface area contributed by atoms with E-state index in [9.17, 15) is 18.0 Å². The minimum Gasteiger partial charge on any atom is -0.481 e. The van der Waals surface area contributed by atoms with Crippen LogP contribution in [0.4, 0.5) is 13.2 Å². The smallest absolute Gasteiger partial charge is 0.429 e. The molecule has 0 aliphatic rings. The lowest BCUT2D eigenvalue weighted by Crippen LogP contribution is -2.29. The second-order valence-electron chi connectivity index (χ2n) is 6.64. The number of rotatable bonds is 6. The van der Waals surface area contributed by atoms with Gasteiger partial charge in [-0.2, -0.15) is 23.5 Å². The zero-order chi connectivity index (χ0) is 22.6. The molecule has 2 aromatic carbocycles. The second kappa shape index (κ2) is 8.92. The number of aryl methyl sites for hydroxylation is 1. The Morgan fingerprint density at radius 3 is 2.42 bits per heavy atom. The van der Waals surface area contributed by atoms with Crippen molar-refractivity contribution in [1.82, 2.24) is 9.78 Å². The summed E-state index contributed by atoms with van der Waals surface area (Å²) in [5, 5.41) is 13.2. The van der Waals surface area contributed by atoms with Crippen molar-refractivity contribution in [1.29, 1.82) is 5.26 Å². The van der Waals surface area contributed by atoms with E-state index < -0.39 is 24.9 Å². The molecule has 1 unspecified atom stereocenters. The highest BCUT2D eigenvalue weighted by Gasteiger charge is 2.47. The van der Waals surface area contributed by atoms with E-state index in [0.717, 1.165) is 0 Å². The quantitative estimate of drug-likeness (QED) is 0.536. The summed E-state index contributed by atoms with van der Waals surface area (Å²) in [4.78, 5) is 12.2. The van der Waals surface area contributed by atoms with Gasteiger partial charge in [0.1, 0.15) is 11.8 Å². The number of hydrogen-bond acceptors (Lipinski definition) is 5. The molecule has 160 valence electrons. The molecule has 0 radical (unpaired) electrons. The summed E-state index contributed by atoms with van der Waals surface area (Å²) in [6.45, 7) is 2.12. The van der Waals surface area contributed by atoms with E-state index in [4.69, 9.17) is 14.7 Å². The fourth-order valence-electron chi connectivity index (χ4n) is 3.13. The summed E-state index contributed by atoms with van der Waals surface area (Å²) in [5.41, 5.74) is 0.792. The van der Waals surface area contributed by atoms with Crippen LogP contribution in [-0.4, -0.2) is 28.5 Å². The number of halogens is 3. The molecule has 0 amide bonds. The minimum atomic E-state index is -4.86. The van der Waals surface area contributed by atoms with Gasteiger partial charge in [-0.05, 0) is 38.1 Å². The molecular weight excluding hydrogens is 411 g/mol. The first-order valence-corrected chi connectivity index (χ1v) is 9.22. The number of nitriles is 1. The van der Waals surface area contributed by atoms with Gasteiger partial charge in [-0.1, -0.05) is 30.3 Å². The van der Waals surface area contributed by atoms with Crippen LogP contribution in [-0.2, 0) is 9.53 Å². The molecular formula is C22H18F3N3O3. The van der Waals surface area contributed by atoms with Gasteiger partial charge in [-0.3, -0.25) is 0 Å². The van der Waals surface area contributed by atoms with Crippen LogP contribution in [0.2, 0.25) is 0 Å². The molecule has 3 rings (SSSR count). The van der Waals surface area contributed by atoms with Gasteiger partial charge < -0.3 is 9.47 Å². The van der Waals surface area contributed by atoms with Gasteiger partial charge in [0.15, 0.2) is 6.61 Å². The molecule has 0 aliphatic carbocycles. The molecule has 1 atom stereocenters. The third kappa shape index (κ3) is 4.86. The minimum absolute atomic E-state index is 0.0785. The Kier molecular flexibility index (Phi) is 6.30. The Morgan fingerprint density at radius 1 is 1.13 bits per heavy atom. The Labute approximate surface area is 176 Å². The van der Waals surface area contributed by atoms with Crippen molar-refractivity contribution in [3.8, 4) is 17.5 Å². The first-order chi connectivity index (χ1) is 14.7. The maximum absolute atomic E-state index is 13.8. The summed E-state index contributed by atoms with van der Waals surface area (Å²) in [6.07, 6.45) is -7.37. The molecule has 0 bridgehead atoms.